The fourth-order valence-electron chi connectivity index (χ4n) is 2.95. The molecule has 0 aliphatic rings. The van der Waals surface area contributed by atoms with Gasteiger partial charge in [-0.3, -0.25) is 9.67 Å². The number of methoxy groups -OCH3 is 3. The smallest absolute Gasteiger partial charge is 0.203 e. The summed E-state index contributed by atoms with van der Waals surface area (Å²) in [6, 6.07) is 3.80. The average Bonchev–Trinajstić information content (AvgIpc) is 3.12. The number of nitrogens with zero attached hydrogens (tertiary/aromatic N) is 4. The molecule has 1 unspecified atom stereocenters. The first-order valence-electron chi connectivity index (χ1n) is 9.43. The van der Waals surface area contributed by atoms with Crippen LogP contribution in [0.4, 0.5) is 5.69 Å². The van der Waals surface area contributed by atoms with Gasteiger partial charge in [-0.05, 0) is 21.0 Å². The van der Waals surface area contributed by atoms with E-state index in [1.165, 1.54) is 0 Å². The molecule has 9 nitrogen and oxygen atoms in total. The van der Waals surface area contributed by atoms with Crippen molar-refractivity contribution in [1.82, 2.24) is 20.0 Å². The molecule has 1 aromatic heterocycles. The minimum atomic E-state index is 0. The Hall–Kier alpha value is -2.21. The molecule has 0 amide bonds. The van der Waals surface area contributed by atoms with E-state index in [1.54, 1.807) is 26.0 Å². The molecule has 30 heavy (non-hydrogen) atoms. The maximum atomic E-state index is 5.43. The number of likely N-dealkylation sites (N-methyl/N-ethyl adjacent to an activating group) is 1. The van der Waals surface area contributed by atoms with E-state index in [9.17, 15) is 0 Å². The highest BCUT2D eigenvalue weighted by atomic mass is 127. The number of ether oxygens (including phenoxy) is 3. The lowest BCUT2D eigenvalue weighted by Gasteiger charge is -2.22. The summed E-state index contributed by atoms with van der Waals surface area (Å²) in [6.45, 7) is 3.32. The van der Waals surface area contributed by atoms with Crippen LogP contribution in [-0.2, 0) is 7.05 Å². The van der Waals surface area contributed by atoms with E-state index in [2.05, 4.69) is 20.6 Å². The van der Waals surface area contributed by atoms with Gasteiger partial charge >= 0.3 is 0 Å². The third kappa shape index (κ3) is 6.66. The van der Waals surface area contributed by atoms with Gasteiger partial charge in [0.25, 0.3) is 0 Å². The van der Waals surface area contributed by atoms with Gasteiger partial charge in [0.2, 0.25) is 5.75 Å². The van der Waals surface area contributed by atoms with Gasteiger partial charge in [-0.15, -0.1) is 24.0 Å². The van der Waals surface area contributed by atoms with Crippen molar-refractivity contribution in [3.05, 3.63) is 30.1 Å². The van der Waals surface area contributed by atoms with Gasteiger partial charge in [0.15, 0.2) is 17.5 Å². The zero-order chi connectivity index (χ0) is 21.4. The molecule has 168 valence electrons. The molecule has 0 spiro atoms. The highest BCUT2D eigenvalue weighted by molar-refractivity contribution is 14.0. The van der Waals surface area contributed by atoms with Crippen LogP contribution in [0.15, 0.2) is 29.5 Å². The first kappa shape index (κ1) is 25.8. The Morgan fingerprint density at radius 3 is 2.23 bits per heavy atom. The number of aliphatic imine (C=N–C) groups is 1. The third-order valence-corrected chi connectivity index (χ3v) is 4.43. The van der Waals surface area contributed by atoms with Crippen molar-refractivity contribution in [2.75, 3.05) is 53.8 Å². The molecule has 0 aliphatic carbocycles. The number of aromatic nitrogens is 2. The van der Waals surface area contributed by atoms with Crippen molar-refractivity contribution in [2.45, 2.75) is 13.0 Å². The number of rotatable bonds is 9. The van der Waals surface area contributed by atoms with Gasteiger partial charge < -0.3 is 29.7 Å². The zero-order valence-corrected chi connectivity index (χ0v) is 21.1. The highest BCUT2D eigenvalue weighted by Gasteiger charge is 2.17. The summed E-state index contributed by atoms with van der Waals surface area (Å²) in [7, 11) is 10.7. The number of hydrogen-bond donors (Lipinski definition) is 2. The Labute approximate surface area is 195 Å². The maximum absolute atomic E-state index is 5.43. The number of nitrogens with one attached hydrogen (secondary N) is 2. The third-order valence-electron chi connectivity index (χ3n) is 4.43. The Morgan fingerprint density at radius 1 is 1.17 bits per heavy atom. The topological polar surface area (TPSA) is 85.2 Å². The molecular weight excluding hydrogens is 499 g/mol. The van der Waals surface area contributed by atoms with Gasteiger partial charge in [-0.2, -0.15) is 5.10 Å². The summed E-state index contributed by atoms with van der Waals surface area (Å²) < 4.78 is 18.0. The summed E-state index contributed by atoms with van der Waals surface area (Å²) in [6.07, 6.45) is 3.89. The number of guanidine groups is 1. The lowest BCUT2D eigenvalue weighted by molar-refractivity contribution is 0.306. The van der Waals surface area contributed by atoms with Crippen LogP contribution in [0.5, 0.6) is 17.2 Å². The summed E-state index contributed by atoms with van der Waals surface area (Å²) in [5.41, 5.74) is 1.90. The predicted octanol–water partition coefficient (Wildman–Crippen LogP) is 2.74. The molecule has 0 saturated heterocycles. The molecule has 1 aromatic carbocycles. The van der Waals surface area contributed by atoms with Crippen molar-refractivity contribution in [2.24, 2.45) is 12.0 Å². The SMILES string of the molecule is CCNC(=NCC(c1cnn(C)c1)N(C)C)Nc1cc(OC)c(OC)c(OC)c1.I. The average molecular weight is 532 g/mol. The van der Waals surface area contributed by atoms with Gasteiger partial charge in [-0.25, -0.2) is 0 Å². The van der Waals surface area contributed by atoms with E-state index in [0.717, 1.165) is 17.8 Å². The molecule has 2 rings (SSSR count). The number of halogens is 1. The molecule has 2 aromatic rings. The molecule has 0 aliphatic heterocycles. The van der Waals surface area contributed by atoms with E-state index in [-0.39, 0.29) is 30.0 Å². The molecule has 0 bridgehead atoms. The Morgan fingerprint density at radius 2 is 1.80 bits per heavy atom. The zero-order valence-electron chi connectivity index (χ0n) is 18.7. The molecule has 0 saturated carbocycles. The number of hydrogen-bond acceptors (Lipinski definition) is 6. The standard InChI is InChI=1S/C20H32N6O3.HI/c1-8-21-20(22-12-16(25(2)3)14-11-23-26(4)13-14)24-15-9-17(27-5)19(29-7)18(10-15)28-6;/h9-11,13,16H,8,12H2,1-7H3,(H2,21,22,24);1H. The number of anilines is 1. The molecule has 10 heteroatoms. The van der Waals surface area contributed by atoms with Crippen LogP contribution >= 0.6 is 24.0 Å². The van der Waals surface area contributed by atoms with Crippen LogP contribution in [0, 0.1) is 0 Å². The second-order valence-corrected chi connectivity index (χ2v) is 6.69. The molecule has 1 atom stereocenters. The van der Waals surface area contributed by atoms with Crippen LogP contribution in [-0.4, -0.2) is 69.2 Å². The van der Waals surface area contributed by atoms with Crippen molar-refractivity contribution in [1.29, 1.82) is 0 Å². The van der Waals surface area contributed by atoms with Crippen LogP contribution in [0.1, 0.15) is 18.5 Å². The van der Waals surface area contributed by atoms with Crippen molar-refractivity contribution < 1.29 is 14.2 Å². The van der Waals surface area contributed by atoms with Gasteiger partial charge in [-0.1, -0.05) is 0 Å². The molecular formula is C20H33IN6O3. The van der Waals surface area contributed by atoms with Gasteiger partial charge in [0, 0.05) is 43.2 Å². The van der Waals surface area contributed by atoms with Crippen molar-refractivity contribution in [3.8, 4) is 17.2 Å². The van der Waals surface area contributed by atoms with Crippen LogP contribution in [0.25, 0.3) is 0 Å². The lowest BCUT2D eigenvalue weighted by atomic mass is 10.1. The molecule has 0 radical (unpaired) electrons. The fraction of sp³-hybridized carbons (Fsp3) is 0.500. The van der Waals surface area contributed by atoms with E-state index in [4.69, 9.17) is 19.2 Å². The second-order valence-electron chi connectivity index (χ2n) is 6.69. The minimum Gasteiger partial charge on any atom is -0.493 e. The van der Waals surface area contributed by atoms with E-state index in [1.807, 2.05) is 52.6 Å². The maximum Gasteiger partial charge on any atom is 0.203 e. The van der Waals surface area contributed by atoms with Crippen LogP contribution in [0.2, 0.25) is 0 Å². The first-order chi connectivity index (χ1) is 13.9. The van der Waals surface area contributed by atoms with Crippen molar-refractivity contribution >= 4 is 35.6 Å². The highest BCUT2D eigenvalue weighted by Crippen LogP contribution is 2.39. The van der Waals surface area contributed by atoms with E-state index < -0.39 is 0 Å². The lowest BCUT2D eigenvalue weighted by Crippen LogP contribution is -2.32. The Kier molecular flexibility index (Phi) is 10.7. The predicted molar refractivity (Wildman–Crippen MR) is 131 cm³/mol. The Bertz CT molecular complexity index is 800. The largest absolute Gasteiger partial charge is 0.493 e. The summed E-state index contributed by atoms with van der Waals surface area (Å²) in [4.78, 5) is 6.90. The minimum absolute atomic E-state index is 0. The normalized spacial score (nSPS) is 12.2. The number of aryl methyl sites for hydroxylation is 1. The van der Waals surface area contributed by atoms with E-state index >= 15 is 0 Å². The first-order valence-corrected chi connectivity index (χ1v) is 9.43. The molecule has 0 fully saturated rings. The van der Waals surface area contributed by atoms with Gasteiger partial charge in [0.1, 0.15) is 0 Å². The number of benzene rings is 1. The summed E-state index contributed by atoms with van der Waals surface area (Å²) >= 11 is 0. The Balaban J connectivity index is 0.00000450. The quantitative estimate of drug-likeness (QED) is 0.292. The van der Waals surface area contributed by atoms with Crippen LogP contribution in [0.3, 0.4) is 0 Å². The summed E-state index contributed by atoms with van der Waals surface area (Å²) in [5, 5.41) is 10.9. The molecule has 2 N–H and O–H groups in total. The van der Waals surface area contributed by atoms with Gasteiger partial charge in [0.05, 0.1) is 40.1 Å². The monoisotopic (exact) mass is 532 g/mol. The second kappa shape index (κ2) is 12.5. The van der Waals surface area contributed by atoms with E-state index in [0.29, 0.717) is 29.8 Å². The summed E-state index contributed by atoms with van der Waals surface area (Å²) in [5.74, 6) is 2.36. The fourth-order valence-corrected chi connectivity index (χ4v) is 2.95. The molecule has 1 heterocycles. The van der Waals surface area contributed by atoms with Crippen LogP contribution < -0.4 is 24.8 Å². The van der Waals surface area contributed by atoms with Crippen molar-refractivity contribution in [3.63, 3.8) is 0 Å².